The van der Waals surface area contributed by atoms with Crippen LogP contribution in [0.4, 0.5) is 0 Å². The van der Waals surface area contributed by atoms with Crippen LogP contribution in [0.5, 0.6) is 0 Å². The number of carbonyl (C=O) groups excluding carboxylic acids is 1. The molecule has 0 amide bonds. The molecule has 0 bridgehead atoms. The predicted octanol–water partition coefficient (Wildman–Crippen LogP) is 2.80. The highest BCUT2D eigenvalue weighted by atomic mass is 16.1. The van der Waals surface area contributed by atoms with Gasteiger partial charge in [-0.2, -0.15) is 0 Å². The summed E-state index contributed by atoms with van der Waals surface area (Å²) in [7, 11) is 0. The maximum atomic E-state index is 11.2. The zero-order valence-electron chi connectivity index (χ0n) is 8.70. The molecule has 1 aliphatic carbocycles. The van der Waals surface area contributed by atoms with E-state index < -0.39 is 0 Å². The van der Waals surface area contributed by atoms with Crippen LogP contribution in [0, 0.1) is 17.8 Å². The molecule has 1 atom stereocenters. The second-order valence-electron chi connectivity index (χ2n) is 3.97. The minimum Gasteiger partial charge on any atom is -0.300 e. The lowest BCUT2D eigenvalue weighted by atomic mass is 9.89. The van der Waals surface area contributed by atoms with Crippen LogP contribution in [0.15, 0.2) is 30.3 Å². The molecule has 0 heterocycles. The van der Waals surface area contributed by atoms with Gasteiger partial charge in [0.25, 0.3) is 0 Å². The van der Waals surface area contributed by atoms with Gasteiger partial charge in [0.2, 0.25) is 0 Å². The van der Waals surface area contributed by atoms with E-state index in [-0.39, 0.29) is 5.92 Å². The molecule has 1 heteroatoms. The summed E-state index contributed by atoms with van der Waals surface area (Å²) in [5.41, 5.74) is 1.04. The fraction of sp³-hybridized carbons (Fsp3) is 0.357. The van der Waals surface area contributed by atoms with E-state index >= 15 is 0 Å². The topological polar surface area (TPSA) is 17.1 Å². The van der Waals surface area contributed by atoms with Crippen LogP contribution in [-0.2, 0) is 4.79 Å². The molecule has 15 heavy (non-hydrogen) atoms. The molecule has 76 valence electrons. The van der Waals surface area contributed by atoms with Gasteiger partial charge in [0, 0.05) is 24.3 Å². The van der Waals surface area contributed by atoms with E-state index in [0.717, 1.165) is 24.8 Å². The Hall–Kier alpha value is -1.55. The SMILES string of the molecule is O=C1CCCC(C#Cc2ccccc2)C1. The van der Waals surface area contributed by atoms with Crippen LogP contribution in [0.1, 0.15) is 31.2 Å². The highest BCUT2D eigenvalue weighted by Gasteiger charge is 2.16. The van der Waals surface area contributed by atoms with Crippen LogP contribution >= 0.6 is 0 Å². The molecular formula is C14H14O. The summed E-state index contributed by atoms with van der Waals surface area (Å²) in [6.07, 6.45) is 3.49. The lowest BCUT2D eigenvalue weighted by Gasteiger charge is -2.14. The molecule has 0 N–H and O–H groups in total. The molecule has 1 fully saturated rings. The maximum absolute atomic E-state index is 11.2. The highest BCUT2D eigenvalue weighted by molar-refractivity contribution is 5.79. The van der Waals surface area contributed by atoms with Crippen LogP contribution < -0.4 is 0 Å². The van der Waals surface area contributed by atoms with Gasteiger partial charge in [-0.1, -0.05) is 30.0 Å². The third kappa shape index (κ3) is 2.95. The largest absolute Gasteiger partial charge is 0.300 e. The second kappa shape index (κ2) is 4.79. The van der Waals surface area contributed by atoms with E-state index in [1.807, 2.05) is 30.3 Å². The first kappa shape index (κ1) is 9.98. The fourth-order valence-corrected chi connectivity index (χ4v) is 1.85. The molecule has 1 aliphatic rings. The zero-order valence-corrected chi connectivity index (χ0v) is 8.70. The Morgan fingerprint density at radius 3 is 2.73 bits per heavy atom. The average molecular weight is 198 g/mol. The molecule has 0 spiro atoms. The summed E-state index contributed by atoms with van der Waals surface area (Å²) in [5, 5.41) is 0. The van der Waals surface area contributed by atoms with Crippen molar-refractivity contribution < 1.29 is 4.79 Å². The van der Waals surface area contributed by atoms with E-state index in [0.29, 0.717) is 12.2 Å². The van der Waals surface area contributed by atoms with Gasteiger partial charge >= 0.3 is 0 Å². The molecule has 1 aromatic carbocycles. The summed E-state index contributed by atoms with van der Waals surface area (Å²) in [5.74, 6) is 6.98. The molecule has 1 aromatic rings. The smallest absolute Gasteiger partial charge is 0.134 e. The Morgan fingerprint density at radius 1 is 1.20 bits per heavy atom. The van der Waals surface area contributed by atoms with Gasteiger partial charge in [0.15, 0.2) is 0 Å². The van der Waals surface area contributed by atoms with E-state index in [4.69, 9.17) is 0 Å². The van der Waals surface area contributed by atoms with Gasteiger partial charge in [-0.3, -0.25) is 4.79 Å². The lowest BCUT2D eigenvalue weighted by Crippen LogP contribution is -2.13. The van der Waals surface area contributed by atoms with Crippen molar-refractivity contribution in [3.05, 3.63) is 35.9 Å². The average Bonchev–Trinajstić information content (AvgIpc) is 2.28. The van der Waals surface area contributed by atoms with E-state index in [1.165, 1.54) is 0 Å². The maximum Gasteiger partial charge on any atom is 0.134 e. The van der Waals surface area contributed by atoms with Crippen molar-refractivity contribution in [2.75, 3.05) is 0 Å². The third-order valence-electron chi connectivity index (χ3n) is 2.68. The number of benzene rings is 1. The number of hydrogen-bond donors (Lipinski definition) is 0. The Morgan fingerprint density at radius 2 is 2.00 bits per heavy atom. The highest BCUT2D eigenvalue weighted by Crippen LogP contribution is 2.20. The van der Waals surface area contributed by atoms with Crippen molar-refractivity contribution >= 4 is 5.78 Å². The van der Waals surface area contributed by atoms with Crippen LogP contribution in [0.25, 0.3) is 0 Å². The Kier molecular flexibility index (Phi) is 3.19. The summed E-state index contributed by atoms with van der Waals surface area (Å²) in [6.45, 7) is 0. The number of ketones is 1. The van der Waals surface area contributed by atoms with Gasteiger partial charge in [-0.25, -0.2) is 0 Å². The number of Topliss-reactive ketones (excluding diaryl/α,β-unsaturated/α-hetero) is 1. The number of carbonyl (C=O) groups is 1. The van der Waals surface area contributed by atoms with E-state index in [1.54, 1.807) is 0 Å². The first-order valence-electron chi connectivity index (χ1n) is 5.43. The monoisotopic (exact) mass is 198 g/mol. The molecule has 0 aliphatic heterocycles. The molecule has 2 rings (SSSR count). The Balaban J connectivity index is 2.02. The first-order valence-corrected chi connectivity index (χ1v) is 5.43. The minimum absolute atomic E-state index is 0.284. The van der Waals surface area contributed by atoms with Crippen LogP contribution in [0.2, 0.25) is 0 Å². The minimum atomic E-state index is 0.284. The Labute approximate surface area is 90.5 Å². The summed E-state index contributed by atoms with van der Waals surface area (Å²) >= 11 is 0. The van der Waals surface area contributed by atoms with Crippen molar-refractivity contribution in [2.24, 2.45) is 5.92 Å². The standard InChI is InChI=1S/C14H14O/c15-14-8-4-7-13(11-14)10-9-12-5-2-1-3-6-12/h1-3,5-6,13H,4,7-8,11H2. The van der Waals surface area contributed by atoms with Crippen molar-refractivity contribution in [1.29, 1.82) is 0 Å². The molecule has 0 aromatic heterocycles. The van der Waals surface area contributed by atoms with Gasteiger partial charge < -0.3 is 0 Å². The van der Waals surface area contributed by atoms with Gasteiger partial charge in [-0.05, 0) is 25.0 Å². The van der Waals surface area contributed by atoms with E-state index in [9.17, 15) is 4.79 Å². The van der Waals surface area contributed by atoms with Crippen molar-refractivity contribution in [2.45, 2.75) is 25.7 Å². The third-order valence-corrected chi connectivity index (χ3v) is 2.68. The van der Waals surface area contributed by atoms with Gasteiger partial charge in [0.1, 0.15) is 5.78 Å². The normalized spacial score (nSPS) is 20.5. The van der Waals surface area contributed by atoms with E-state index in [2.05, 4.69) is 11.8 Å². The molecule has 1 unspecified atom stereocenters. The first-order chi connectivity index (χ1) is 7.34. The molecule has 0 radical (unpaired) electrons. The lowest BCUT2D eigenvalue weighted by molar-refractivity contribution is -0.120. The van der Waals surface area contributed by atoms with Gasteiger partial charge in [0.05, 0.1) is 0 Å². The fourth-order valence-electron chi connectivity index (χ4n) is 1.85. The summed E-state index contributed by atoms with van der Waals surface area (Å²) < 4.78 is 0. The number of rotatable bonds is 0. The van der Waals surface area contributed by atoms with Crippen molar-refractivity contribution in [1.82, 2.24) is 0 Å². The second-order valence-corrected chi connectivity index (χ2v) is 3.97. The van der Waals surface area contributed by atoms with Crippen molar-refractivity contribution in [3.8, 4) is 11.8 Å². The van der Waals surface area contributed by atoms with Crippen LogP contribution in [-0.4, -0.2) is 5.78 Å². The Bertz CT molecular complexity index is 394. The quantitative estimate of drug-likeness (QED) is 0.586. The number of hydrogen-bond acceptors (Lipinski definition) is 1. The predicted molar refractivity (Wildman–Crippen MR) is 60.3 cm³/mol. The zero-order chi connectivity index (χ0) is 10.5. The molecular weight excluding hydrogens is 184 g/mol. The molecule has 1 nitrogen and oxygen atoms in total. The molecule has 0 saturated heterocycles. The van der Waals surface area contributed by atoms with Crippen molar-refractivity contribution in [3.63, 3.8) is 0 Å². The van der Waals surface area contributed by atoms with Gasteiger partial charge in [-0.15, -0.1) is 0 Å². The summed E-state index contributed by atoms with van der Waals surface area (Å²) in [6, 6.07) is 9.94. The van der Waals surface area contributed by atoms with Crippen LogP contribution in [0.3, 0.4) is 0 Å². The molecule has 1 saturated carbocycles. The summed E-state index contributed by atoms with van der Waals surface area (Å²) in [4.78, 5) is 11.2.